The van der Waals surface area contributed by atoms with Gasteiger partial charge in [0, 0.05) is 18.0 Å². The first-order chi connectivity index (χ1) is 18.0. The Balaban J connectivity index is 1.40. The molecule has 5 atom stereocenters. The predicted octanol–water partition coefficient (Wildman–Crippen LogP) is 4.22. The number of carbonyl (C=O) groups is 3. The molecule has 2 amide bonds. The number of nitrogens with one attached hydrogen (secondary N) is 1. The summed E-state index contributed by atoms with van der Waals surface area (Å²) in [6.45, 7) is 11.0. The van der Waals surface area contributed by atoms with Crippen molar-refractivity contribution in [3.05, 3.63) is 42.5 Å². The number of fused-ring (bicyclic) bond motifs is 2. The summed E-state index contributed by atoms with van der Waals surface area (Å²) in [5.74, 6) is -0.251. The maximum absolute atomic E-state index is 13.5. The lowest BCUT2D eigenvalue weighted by molar-refractivity contribution is -0.165. The predicted molar refractivity (Wildman–Crippen MR) is 144 cm³/mol. The number of likely N-dealkylation sites (tertiary alicyclic amines) is 1. The van der Waals surface area contributed by atoms with Crippen LogP contribution >= 0.6 is 0 Å². The lowest BCUT2D eigenvalue weighted by Gasteiger charge is -2.39. The van der Waals surface area contributed by atoms with E-state index in [-0.39, 0.29) is 41.0 Å². The van der Waals surface area contributed by atoms with Gasteiger partial charge in [-0.05, 0) is 73.6 Å². The van der Waals surface area contributed by atoms with E-state index in [0.717, 1.165) is 12.8 Å². The summed E-state index contributed by atoms with van der Waals surface area (Å²) in [5.41, 5.74) is 0.733. The van der Waals surface area contributed by atoms with Gasteiger partial charge in [-0.2, -0.15) is 0 Å². The van der Waals surface area contributed by atoms with Crippen LogP contribution in [0.4, 0.5) is 0 Å². The maximum Gasteiger partial charge on any atom is 0.329 e. The summed E-state index contributed by atoms with van der Waals surface area (Å²) in [6.07, 6.45) is 8.94. The number of esters is 1. The molecule has 1 aromatic carbocycles. The highest BCUT2D eigenvalue weighted by atomic mass is 16.5. The first kappa shape index (κ1) is 27.7. The molecule has 0 aromatic heterocycles. The Morgan fingerprint density at radius 1 is 1.26 bits per heavy atom. The minimum absolute atomic E-state index is 0.00249. The third-order valence-electron chi connectivity index (χ3n) is 9.43. The second-order valence-electron chi connectivity index (χ2n) is 11.6. The number of benzene rings is 1. The largest absolute Gasteiger partial charge is 0.504 e. The average molecular weight is 525 g/mol. The Bertz CT molecular complexity index is 1130. The van der Waals surface area contributed by atoms with E-state index in [0.29, 0.717) is 36.6 Å². The summed E-state index contributed by atoms with van der Waals surface area (Å²) in [7, 11) is 1.45. The maximum atomic E-state index is 13.5. The highest BCUT2D eigenvalue weighted by molar-refractivity contribution is 5.96. The van der Waals surface area contributed by atoms with Crippen LogP contribution in [-0.2, 0) is 19.1 Å². The van der Waals surface area contributed by atoms with Gasteiger partial charge in [-0.3, -0.25) is 9.59 Å². The molecule has 0 radical (unpaired) electrons. The Morgan fingerprint density at radius 2 is 2.03 bits per heavy atom. The molecule has 2 aliphatic carbocycles. The Kier molecular flexibility index (Phi) is 7.90. The quantitative estimate of drug-likeness (QED) is 0.285. The number of phenols is 1. The van der Waals surface area contributed by atoms with E-state index < -0.39 is 18.0 Å². The normalized spacial score (nSPS) is 28.3. The van der Waals surface area contributed by atoms with Crippen LogP contribution in [0.3, 0.4) is 0 Å². The molecule has 2 saturated carbocycles. The van der Waals surface area contributed by atoms with Gasteiger partial charge in [0.1, 0.15) is 18.2 Å². The van der Waals surface area contributed by atoms with E-state index in [4.69, 9.17) is 9.47 Å². The minimum Gasteiger partial charge on any atom is -0.504 e. The van der Waals surface area contributed by atoms with Crippen LogP contribution in [0, 0.1) is 16.7 Å². The van der Waals surface area contributed by atoms with E-state index in [1.807, 2.05) is 0 Å². The third-order valence-corrected chi connectivity index (χ3v) is 9.43. The highest BCUT2D eigenvalue weighted by Gasteiger charge is 2.63. The first-order valence-corrected chi connectivity index (χ1v) is 13.5. The lowest BCUT2D eigenvalue weighted by Crippen LogP contribution is -2.52. The van der Waals surface area contributed by atoms with Crippen molar-refractivity contribution in [2.24, 2.45) is 16.7 Å². The minimum atomic E-state index is -0.841. The molecule has 1 heterocycles. The lowest BCUT2D eigenvalue weighted by atomic mass is 9.70. The van der Waals surface area contributed by atoms with Gasteiger partial charge >= 0.3 is 5.97 Å². The van der Waals surface area contributed by atoms with Crippen molar-refractivity contribution in [2.75, 3.05) is 13.7 Å². The van der Waals surface area contributed by atoms with Crippen molar-refractivity contribution in [3.8, 4) is 11.5 Å². The van der Waals surface area contributed by atoms with Crippen LogP contribution in [-0.4, -0.2) is 59.6 Å². The van der Waals surface area contributed by atoms with Gasteiger partial charge in [-0.15, -0.1) is 6.58 Å². The summed E-state index contributed by atoms with van der Waals surface area (Å²) in [5, 5.41) is 12.5. The van der Waals surface area contributed by atoms with Crippen molar-refractivity contribution in [1.29, 1.82) is 0 Å². The van der Waals surface area contributed by atoms with E-state index in [1.165, 1.54) is 25.7 Å². The fourth-order valence-electron chi connectivity index (χ4n) is 6.58. The fraction of sp³-hybridized carbons (Fsp3) is 0.567. The molecule has 3 fully saturated rings. The zero-order valence-corrected chi connectivity index (χ0v) is 22.9. The molecule has 0 spiro atoms. The number of hydrogen-bond acceptors (Lipinski definition) is 6. The molecular formula is C30H40N2O6. The molecule has 1 saturated heterocycles. The number of hydrogen-bond donors (Lipinski definition) is 2. The van der Waals surface area contributed by atoms with Crippen LogP contribution in [0.5, 0.6) is 11.5 Å². The molecule has 3 aliphatic rings. The monoisotopic (exact) mass is 524 g/mol. The number of phenolic OH excluding ortho intramolecular Hbond substituents is 1. The van der Waals surface area contributed by atoms with Gasteiger partial charge in [-0.25, -0.2) is 4.79 Å². The molecule has 1 aliphatic heterocycles. The second-order valence-corrected chi connectivity index (χ2v) is 11.6. The molecule has 8 nitrogen and oxygen atoms in total. The van der Waals surface area contributed by atoms with E-state index in [2.05, 4.69) is 32.7 Å². The molecule has 206 valence electrons. The van der Waals surface area contributed by atoms with Crippen LogP contribution < -0.4 is 10.1 Å². The van der Waals surface area contributed by atoms with Gasteiger partial charge in [0.15, 0.2) is 11.5 Å². The van der Waals surface area contributed by atoms with E-state index in [9.17, 15) is 19.5 Å². The zero-order chi connectivity index (χ0) is 27.7. The van der Waals surface area contributed by atoms with Crippen molar-refractivity contribution in [3.63, 3.8) is 0 Å². The molecule has 2 N–H and O–H groups in total. The van der Waals surface area contributed by atoms with Crippen LogP contribution in [0.2, 0.25) is 0 Å². The Hall–Kier alpha value is -3.29. The van der Waals surface area contributed by atoms with Crippen LogP contribution in [0.1, 0.15) is 64.9 Å². The van der Waals surface area contributed by atoms with Crippen molar-refractivity contribution < 1.29 is 29.0 Å². The number of carbonyl (C=O) groups excluding carboxylic acids is 3. The average Bonchev–Trinajstić information content (AvgIpc) is 3.51. The zero-order valence-electron chi connectivity index (χ0n) is 22.9. The van der Waals surface area contributed by atoms with Crippen molar-refractivity contribution in [2.45, 2.75) is 77.5 Å². The summed E-state index contributed by atoms with van der Waals surface area (Å²) < 4.78 is 11.2. The molecule has 4 rings (SSSR count). The second kappa shape index (κ2) is 10.8. The first-order valence-electron chi connectivity index (χ1n) is 13.5. The summed E-state index contributed by atoms with van der Waals surface area (Å²) >= 11 is 0. The number of aromatic hydroxyl groups is 1. The molecule has 8 heteroatoms. The molecule has 5 unspecified atom stereocenters. The van der Waals surface area contributed by atoms with Crippen LogP contribution in [0.25, 0.3) is 6.08 Å². The van der Waals surface area contributed by atoms with Crippen molar-refractivity contribution >= 4 is 23.9 Å². The molecule has 38 heavy (non-hydrogen) atoms. The van der Waals surface area contributed by atoms with Gasteiger partial charge in [0.2, 0.25) is 11.8 Å². The standard InChI is InChI=1S/C30H40N2O6/c1-6-8-21(31-26(34)13-11-19-10-12-23(33)24(17-19)37-5)27(35)32-16-7-9-22(32)28(36)38-25-18-20-14-15-30(25,4)29(20,2)3/h6,10-13,17,20-22,25,33H,1,7-9,14-16,18H2,2-5H3,(H,31,34)/b13-11+. The number of nitrogens with zero attached hydrogens (tertiary/aromatic N) is 1. The van der Waals surface area contributed by atoms with Gasteiger partial charge in [0.05, 0.1) is 7.11 Å². The third kappa shape index (κ3) is 5.05. The van der Waals surface area contributed by atoms with E-state index in [1.54, 1.807) is 29.2 Å². The van der Waals surface area contributed by atoms with Gasteiger partial charge in [-0.1, -0.05) is 32.9 Å². The van der Waals surface area contributed by atoms with Crippen molar-refractivity contribution in [1.82, 2.24) is 10.2 Å². The number of methoxy groups -OCH3 is 1. The molecule has 1 aromatic rings. The van der Waals surface area contributed by atoms with Gasteiger partial charge < -0.3 is 24.8 Å². The molecule has 2 bridgehead atoms. The van der Waals surface area contributed by atoms with Gasteiger partial charge in [0.25, 0.3) is 0 Å². The number of rotatable bonds is 9. The fourth-order valence-corrected chi connectivity index (χ4v) is 6.58. The highest BCUT2D eigenvalue weighted by Crippen LogP contribution is 2.66. The Labute approximate surface area is 225 Å². The molecular weight excluding hydrogens is 484 g/mol. The smallest absolute Gasteiger partial charge is 0.329 e. The SMILES string of the molecule is C=CCC(NC(=O)/C=C/c1ccc(O)c(OC)c1)C(=O)N1CCCC1C(=O)OC1CC2CCC1(C)C2(C)C. The topological polar surface area (TPSA) is 105 Å². The van der Waals surface area contributed by atoms with Crippen LogP contribution in [0.15, 0.2) is 36.9 Å². The van der Waals surface area contributed by atoms with E-state index >= 15 is 0 Å². The number of amides is 2. The Morgan fingerprint density at radius 3 is 2.66 bits per heavy atom. The summed E-state index contributed by atoms with van der Waals surface area (Å²) in [6, 6.07) is 3.24. The summed E-state index contributed by atoms with van der Waals surface area (Å²) in [4.78, 5) is 41.1. The number of ether oxygens (including phenoxy) is 2.